The van der Waals surface area contributed by atoms with Crippen LogP contribution >= 0.6 is 0 Å². The minimum atomic E-state index is -0.912. The van der Waals surface area contributed by atoms with Gasteiger partial charge in [0.25, 0.3) is 5.91 Å². The highest BCUT2D eigenvalue weighted by molar-refractivity contribution is 5.97. The van der Waals surface area contributed by atoms with Crippen LogP contribution in [-0.2, 0) is 14.3 Å². The van der Waals surface area contributed by atoms with Crippen LogP contribution in [0.5, 0.6) is 17.2 Å². The molecule has 1 aromatic carbocycles. The predicted molar refractivity (Wildman–Crippen MR) is 115 cm³/mol. The Morgan fingerprint density at radius 1 is 1.19 bits per heavy atom. The molecule has 172 valence electrons. The fourth-order valence-electron chi connectivity index (χ4n) is 3.71. The second-order valence-corrected chi connectivity index (χ2v) is 7.48. The first-order valence-corrected chi connectivity index (χ1v) is 10.4. The maximum absolute atomic E-state index is 12.8. The molecule has 2 N–H and O–H groups in total. The van der Waals surface area contributed by atoms with E-state index in [-0.39, 0.29) is 17.5 Å². The van der Waals surface area contributed by atoms with Crippen LogP contribution in [0.25, 0.3) is 0 Å². The van der Waals surface area contributed by atoms with Crippen molar-refractivity contribution in [1.82, 2.24) is 10.3 Å². The zero-order chi connectivity index (χ0) is 23.1. The Kier molecular flexibility index (Phi) is 7.88. The summed E-state index contributed by atoms with van der Waals surface area (Å²) in [5.41, 5.74) is -0.231. The molecule has 0 saturated carbocycles. The highest BCUT2D eigenvalue weighted by atomic mass is 16.6. The van der Waals surface area contributed by atoms with Gasteiger partial charge in [-0.15, -0.1) is 0 Å². The van der Waals surface area contributed by atoms with Crippen molar-refractivity contribution in [3.8, 4) is 17.2 Å². The fourth-order valence-corrected chi connectivity index (χ4v) is 3.71. The molecule has 2 heterocycles. The zero-order valence-electron chi connectivity index (χ0n) is 18.3. The number of esters is 1. The summed E-state index contributed by atoms with van der Waals surface area (Å²) >= 11 is 0. The molecular formula is C23H28N2O7. The van der Waals surface area contributed by atoms with Crippen LogP contribution in [-0.4, -0.2) is 60.5 Å². The Hall–Kier alpha value is -3.33. The van der Waals surface area contributed by atoms with Gasteiger partial charge in [-0.25, -0.2) is 9.78 Å². The number of benzene rings is 1. The van der Waals surface area contributed by atoms with Crippen LogP contribution in [0.1, 0.15) is 36.7 Å². The van der Waals surface area contributed by atoms with E-state index in [0.29, 0.717) is 25.0 Å². The van der Waals surface area contributed by atoms with Crippen molar-refractivity contribution in [2.45, 2.75) is 50.5 Å². The van der Waals surface area contributed by atoms with Crippen LogP contribution in [0.3, 0.4) is 0 Å². The molecule has 32 heavy (non-hydrogen) atoms. The van der Waals surface area contributed by atoms with Crippen molar-refractivity contribution < 1.29 is 33.6 Å². The highest BCUT2D eigenvalue weighted by Gasteiger charge is 2.36. The SMILES string of the molecule is COc1ccnc(C(=O)NC2CCCC(Oc3ccccc3)C(OC)C(C)OC2=O)c1O. The van der Waals surface area contributed by atoms with Crippen molar-refractivity contribution in [2.75, 3.05) is 14.2 Å². The van der Waals surface area contributed by atoms with Gasteiger partial charge in [0, 0.05) is 19.4 Å². The first-order chi connectivity index (χ1) is 15.4. The lowest BCUT2D eigenvalue weighted by Crippen LogP contribution is -2.46. The standard InChI is InChI=1S/C23H28N2O7/c1-14-21(30-3)18(32-15-8-5-4-6-9-15)11-7-10-16(23(28)31-14)25-22(27)19-20(26)17(29-2)12-13-24-19/h4-6,8-9,12-14,16,18,21,26H,7,10-11H2,1-3H3,(H,25,27). The third-order valence-corrected chi connectivity index (χ3v) is 5.33. The number of rotatable bonds is 6. The Bertz CT molecular complexity index is 922. The third-order valence-electron chi connectivity index (χ3n) is 5.33. The van der Waals surface area contributed by atoms with Crippen LogP contribution < -0.4 is 14.8 Å². The van der Waals surface area contributed by atoms with Crippen molar-refractivity contribution in [2.24, 2.45) is 0 Å². The number of carbonyl (C=O) groups excluding carboxylic acids is 2. The number of nitrogens with zero attached hydrogens (tertiary/aromatic N) is 1. The largest absolute Gasteiger partial charge is 0.503 e. The van der Waals surface area contributed by atoms with E-state index in [2.05, 4.69) is 10.3 Å². The lowest BCUT2D eigenvalue weighted by Gasteiger charge is -2.30. The van der Waals surface area contributed by atoms with Crippen LogP contribution in [0.15, 0.2) is 42.6 Å². The first kappa shape index (κ1) is 23.3. The molecule has 9 nitrogen and oxygen atoms in total. The van der Waals surface area contributed by atoms with E-state index in [1.54, 1.807) is 14.0 Å². The molecule has 1 saturated heterocycles. The Labute approximate surface area is 186 Å². The number of pyridine rings is 1. The Morgan fingerprint density at radius 2 is 1.94 bits per heavy atom. The second kappa shape index (κ2) is 10.8. The van der Waals surface area contributed by atoms with Crippen molar-refractivity contribution in [1.29, 1.82) is 0 Å². The fraction of sp³-hybridized carbons (Fsp3) is 0.435. The predicted octanol–water partition coefficient (Wildman–Crippen LogP) is 2.47. The summed E-state index contributed by atoms with van der Waals surface area (Å²) in [6, 6.07) is 9.88. The number of cyclic esters (lactones) is 1. The molecular weight excluding hydrogens is 416 g/mol. The number of nitrogens with one attached hydrogen (secondary N) is 1. The molecule has 9 heteroatoms. The summed E-state index contributed by atoms with van der Waals surface area (Å²) in [5.74, 6) is -0.874. The summed E-state index contributed by atoms with van der Waals surface area (Å²) in [4.78, 5) is 29.4. The molecule has 1 aliphatic heterocycles. The normalized spacial score (nSPS) is 23.8. The van der Waals surface area contributed by atoms with E-state index in [0.717, 1.165) is 0 Å². The average Bonchev–Trinajstić information content (AvgIpc) is 2.83. The van der Waals surface area contributed by atoms with Gasteiger partial charge >= 0.3 is 5.97 Å². The third kappa shape index (κ3) is 5.47. The lowest BCUT2D eigenvalue weighted by atomic mass is 10.0. The second-order valence-electron chi connectivity index (χ2n) is 7.48. The number of ether oxygens (including phenoxy) is 4. The van der Waals surface area contributed by atoms with Gasteiger partial charge in [-0.1, -0.05) is 18.2 Å². The number of para-hydroxylation sites is 1. The first-order valence-electron chi connectivity index (χ1n) is 10.4. The maximum Gasteiger partial charge on any atom is 0.329 e. The molecule has 4 atom stereocenters. The quantitative estimate of drug-likeness (QED) is 0.653. The lowest BCUT2D eigenvalue weighted by molar-refractivity contribution is -0.160. The number of aromatic hydroxyl groups is 1. The minimum absolute atomic E-state index is 0.111. The molecule has 4 unspecified atom stereocenters. The molecule has 0 bridgehead atoms. The van der Waals surface area contributed by atoms with Gasteiger partial charge in [0.2, 0.25) is 0 Å². The topological polar surface area (TPSA) is 116 Å². The molecule has 1 aromatic heterocycles. The number of methoxy groups -OCH3 is 2. The zero-order valence-corrected chi connectivity index (χ0v) is 18.3. The number of carbonyl (C=O) groups is 2. The molecule has 0 aliphatic carbocycles. The average molecular weight is 444 g/mol. The van der Waals surface area contributed by atoms with Gasteiger partial charge in [0.05, 0.1) is 7.11 Å². The number of hydrogen-bond acceptors (Lipinski definition) is 8. The molecule has 2 aromatic rings. The van der Waals surface area contributed by atoms with E-state index < -0.39 is 35.9 Å². The van der Waals surface area contributed by atoms with E-state index >= 15 is 0 Å². The van der Waals surface area contributed by atoms with Crippen molar-refractivity contribution in [3.05, 3.63) is 48.3 Å². The summed E-state index contributed by atoms with van der Waals surface area (Å²) in [6.07, 6.45) is 1.38. The van der Waals surface area contributed by atoms with Gasteiger partial charge in [-0.3, -0.25) is 4.79 Å². The minimum Gasteiger partial charge on any atom is -0.503 e. The van der Waals surface area contributed by atoms with E-state index in [1.807, 2.05) is 30.3 Å². The molecule has 3 rings (SSSR count). The van der Waals surface area contributed by atoms with Crippen molar-refractivity contribution in [3.63, 3.8) is 0 Å². The Morgan fingerprint density at radius 3 is 2.62 bits per heavy atom. The van der Waals surface area contributed by atoms with E-state index in [1.165, 1.54) is 19.4 Å². The molecule has 1 fully saturated rings. The number of hydrogen-bond donors (Lipinski definition) is 2. The summed E-state index contributed by atoms with van der Waals surface area (Å²) in [6.45, 7) is 1.73. The molecule has 0 radical (unpaired) electrons. The highest BCUT2D eigenvalue weighted by Crippen LogP contribution is 2.28. The van der Waals surface area contributed by atoms with Gasteiger partial charge in [-0.05, 0) is 38.3 Å². The molecule has 1 aliphatic rings. The summed E-state index contributed by atoms with van der Waals surface area (Å²) in [7, 11) is 2.92. The van der Waals surface area contributed by atoms with Gasteiger partial charge in [0.1, 0.15) is 30.1 Å². The Balaban J connectivity index is 1.74. The maximum atomic E-state index is 12.8. The smallest absolute Gasteiger partial charge is 0.329 e. The van der Waals surface area contributed by atoms with Crippen LogP contribution in [0.4, 0.5) is 0 Å². The number of aromatic nitrogens is 1. The van der Waals surface area contributed by atoms with Gasteiger partial charge in [0.15, 0.2) is 17.2 Å². The number of amides is 1. The molecule has 0 spiro atoms. The van der Waals surface area contributed by atoms with Crippen LogP contribution in [0, 0.1) is 0 Å². The van der Waals surface area contributed by atoms with Gasteiger partial charge in [-0.2, -0.15) is 0 Å². The van der Waals surface area contributed by atoms with Gasteiger partial charge < -0.3 is 29.4 Å². The van der Waals surface area contributed by atoms with Crippen LogP contribution in [0.2, 0.25) is 0 Å². The monoisotopic (exact) mass is 444 g/mol. The van der Waals surface area contributed by atoms with E-state index in [4.69, 9.17) is 18.9 Å². The summed E-state index contributed by atoms with van der Waals surface area (Å²) < 4.78 is 22.3. The van der Waals surface area contributed by atoms with E-state index in [9.17, 15) is 14.7 Å². The molecule has 1 amide bonds. The summed E-state index contributed by atoms with van der Waals surface area (Å²) in [5, 5.41) is 12.8. The van der Waals surface area contributed by atoms with Crippen molar-refractivity contribution >= 4 is 11.9 Å².